The molecule has 1 fully saturated rings. The van der Waals surface area contributed by atoms with Crippen molar-refractivity contribution in [1.82, 2.24) is 24.5 Å². The Balaban J connectivity index is 1.34. The first-order valence-electron chi connectivity index (χ1n) is 12.2. The predicted molar refractivity (Wildman–Crippen MR) is 137 cm³/mol. The minimum Gasteiger partial charge on any atom is -0.354 e. The van der Waals surface area contributed by atoms with E-state index >= 15 is 0 Å². The van der Waals surface area contributed by atoms with E-state index in [9.17, 15) is 0 Å². The SMILES string of the molecule is Cc1nc2ncnn2c(N2CCN(Cc3ccc(C(C)(C)C)cc3)CC2)c1Cc1ccccc1. The van der Waals surface area contributed by atoms with Crippen LogP contribution < -0.4 is 4.90 Å². The average molecular weight is 455 g/mol. The van der Waals surface area contributed by atoms with Gasteiger partial charge in [-0.05, 0) is 29.0 Å². The molecule has 0 amide bonds. The fourth-order valence-electron chi connectivity index (χ4n) is 4.79. The highest BCUT2D eigenvalue weighted by Gasteiger charge is 2.24. The van der Waals surface area contributed by atoms with Crippen LogP contribution in [0.5, 0.6) is 0 Å². The van der Waals surface area contributed by atoms with Crippen molar-refractivity contribution in [3.8, 4) is 0 Å². The number of piperazine rings is 1. The van der Waals surface area contributed by atoms with Gasteiger partial charge in [0.05, 0.1) is 0 Å². The van der Waals surface area contributed by atoms with Crippen molar-refractivity contribution in [1.29, 1.82) is 0 Å². The van der Waals surface area contributed by atoms with Crippen molar-refractivity contribution in [3.63, 3.8) is 0 Å². The molecule has 0 spiro atoms. The summed E-state index contributed by atoms with van der Waals surface area (Å²) in [4.78, 5) is 14.1. The summed E-state index contributed by atoms with van der Waals surface area (Å²) in [6, 6.07) is 19.7. The Labute approximate surface area is 202 Å². The molecule has 34 heavy (non-hydrogen) atoms. The summed E-state index contributed by atoms with van der Waals surface area (Å²) in [5.74, 6) is 1.81. The Bertz CT molecular complexity index is 1250. The van der Waals surface area contributed by atoms with Crippen LogP contribution in [0.15, 0.2) is 60.9 Å². The molecule has 0 N–H and O–H groups in total. The molecule has 176 valence electrons. The summed E-state index contributed by atoms with van der Waals surface area (Å²) in [6.45, 7) is 13.8. The summed E-state index contributed by atoms with van der Waals surface area (Å²) in [5.41, 5.74) is 6.50. The van der Waals surface area contributed by atoms with Crippen molar-refractivity contribution in [2.45, 2.75) is 46.1 Å². The van der Waals surface area contributed by atoms with Crippen LogP contribution in [-0.4, -0.2) is 50.7 Å². The third-order valence-electron chi connectivity index (χ3n) is 6.83. The molecule has 4 aromatic rings. The number of rotatable bonds is 5. The van der Waals surface area contributed by atoms with E-state index < -0.39 is 0 Å². The van der Waals surface area contributed by atoms with E-state index in [0.29, 0.717) is 5.78 Å². The summed E-state index contributed by atoms with van der Waals surface area (Å²) in [6.07, 6.45) is 2.44. The van der Waals surface area contributed by atoms with Gasteiger partial charge < -0.3 is 4.90 Å². The molecule has 1 saturated heterocycles. The first-order chi connectivity index (χ1) is 16.4. The predicted octanol–water partition coefficient (Wildman–Crippen LogP) is 4.64. The molecule has 0 atom stereocenters. The molecule has 2 aromatic heterocycles. The maximum Gasteiger partial charge on any atom is 0.254 e. The second-order valence-corrected chi connectivity index (χ2v) is 10.3. The molecule has 0 unspecified atom stereocenters. The molecule has 6 heteroatoms. The second-order valence-electron chi connectivity index (χ2n) is 10.3. The summed E-state index contributed by atoms with van der Waals surface area (Å²) in [5, 5.41) is 4.54. The fraction of sp³-hybridized carbons (Fsp3) is 0.393. The number of fused-ring (bicyclic) bond motifs is 1. The lowest BCUT2D eigenvalue weighted by Crippen LogP contribution is -2.47. The lowest BCUT2D eigenvalue weighted by Gasteiger charge is -2.37. The van der Waals surface area contributed by atoms with Gasteiger partial charge in [-0.2, -0.15) is 14.6 Å². The molecule has 6 nitrogen and oxygen atoms in total. The van der Waals surface area contributed by atoms with Gasteiger partial charge in [-0.25, -0.2) is 4.98 Å². The van der Waals surface area contributed by atoms with Gasteiger partial charge in [0.1, 0.15) is 12.1 Å². The van der Waals surface area contributed by atoms with E-state index in [-0.39, 0.29) is 5.41 Å². The first kappa shape index (κ1) is 22.5. The molecule has 1 aliphatic heterocycles. The van der Waals surface area contributed by atoms with Crippen LogP contribution in [0.25, 0.3) is 5.78 Å². The fourth-order valence-corrected chi connectivity index (χ4v) is 4.79. The Morgan fingerprint density at radius 2 is 1.56 bits per heavy atom. The van der Waals surface area contributed by atoms with Gasteiger partial charge in [0, 0.05) is 50.4 Å². The lowest BCUT2D eigenvalue weighted by molar-refractivity contribution is 0.249. The number of aryl methyl sites for hydroxylation is 1. The van der Waals surface area contributed by atoms with Gasteiger partial charge in [0.15, 0.2) is 0 Å². The molecule has 1 aliphatic rings. The Kier molecular flexibility index (Phi) is 6.09. The molecule has 0 aliphatic carbocycles. The number of nitrogens with zero attached hydrogens (tertiary/aromatic N) is 6. The van der Waals surface area contributed by atoms with Gasteiger partial charge in [0.25, 0.3) is 5.78 Å². The minimum absolute atomic E-state index is 0.191. The van der Waals surface area contributed by atoms with Crippen LogP contribution in [0, 0.1) is 6.92 Å². The van der Waals surface area contributed by atoms with Crippen LogP contribution in [0.2, 0.25) is 0 Å². The average Bonchev–Trinajstić information content (AvgIpc) is 3.28. The zero-order valence-electron chi connectivity index (χ0n) is 20.7. The monoisotopic (exact) mass is 454 g/mol. The highest BCUT2D eigenvalue weighted by Crippen LogP contribution is 2.28. The zero-order chi connectivity index (χ0) is 23.7. The highest BCUT2D eigenvalue weighted by molar-refractivity contribution is 5.56. The highest BCUT2D eigenvalue weighted by atomic mass is 15.4. The first-order valence-corrected chi connectivity index (χ1v) is 12.2. The molecule has 0 radical (unpaired) electrons. The molecular formula is C28H34N6. The number of anilines is 1. The van der Waals surface area contributed by atoms with E-state index in [1.807, 2.05) is 4.52 Å². The quantitative estimate of drug-likeness (QED) is 0.440. The summed E-state index contributed by atoms with van der Waals surface area (Å²) in [7, 11) is 0. The van der Waals surface area contributed by atoms with Gasteiger partial charge >= 0.3 is 0 Å². The van der Waals surface area contributed by atoms with E-state index in [0.717, 1.165) is 50.7 Å². The Morgan fingerprint density at radius 3 is 2.24 bits per heavy atom. The number of hydrogen-bond donors (Lipinski definition) is 0. The topological polar surface area (TPSA) is 49.6 Å². The van der Waals surface area contributed by atoms with Crippen LogP contribution in [0.1, 0.15) is 48.7 Å². The third-order valence-corrected chi connectivity index (χ3v) is 6.83. The normalized spacial score (nSPS) is 15.2. The van der Waals surface area contributed by atoms with E-state index in [1.165, 1.54) is 22.3 Å². The zero-order valence-corrected chi connectivity index (χ0v) is 20.7. The molecule has 3 heterocycles. The van der Waals surface area contributed by atoms with E-state index in [4.69, 9.17) is 4.98 Å². The van der Waals surface area contributed by atoms with Crippen molar-refractivity contribution in [2.24, 2.45) is 0 Å². The largest absolute Gasteiger partial charge is 0.354 e. The number of aromatic nitrogens is 4. The van der Waals surface area contributed by atoms with Gasteiger partial charge in [-0.1, -0.05) is 75.4 Å². The summed E-state index contributed by atoms with van der Waals surface area (Å²) >= 11 is 0. The third kappa shape index (κ3) is 4.68. The standard InChI is InChI=1S/C28H34N6/c1-21-25(18-22-8-6-5-7-9-22)26(34-27(31-21)29-20-30-34)33-16-14-32(15-17-33)19-23-10-12-24(13-11-23)28(2,3)4/h5-13,20H,14-19H2,1-4H3. The van der Waals surface area contributed by atoms with Crippen molar-refractivity contribution < 1.29 is 0 Å². The van der Waals surface area contributed by atoms with E-state index in [2.05, 4.69) is 102 Å². The Morgan fingerprint density at radius 1 is 0.853 bits per heavy atom. The lowest BCUT2D eigenvalue weighted by atomic mass is 9.87. The Hall–Kier alpha value is -3.25. The van der Waals surface area contributed by atoms with Crippen LogP contribution in [0.3, 0.4) is 0 Å². The molecule has 0 saturated carbocycles. The molecule has 2 aromatic carbocycles. The molecule has 5 rings (SSSR count). The van der Waals surface area contributed by atoms with Crippen LogP contribution >= 0.6 is 0 Å². The summed E-state index contributed by atoms with van der Waals surface area (Å²) < 4.78 is 1.92. The minimum atomic E-state index is 0.191. The molecular weight excluding hydrogens is 420 g/mol. The van der Waals surface area contributed by atoms with E-state index in [1.54, 1.807) is 6.33 Å². The van der Waals surface area contributed by atoms with Crippen molar-refractivity contribution in [3.05, 3.63) is 88.9 Å². The number of hydrogen-bond acceptors (Lipinski definition) is 5. The van der Waals surface area contributed by atoms with Crippen molar-refractivity contribution in [2.75, 3.05) is 31.1 Å². The maximum absolute atomic E-state index is 4.73. The van der Waals surface area contributed by atoms with Crippen LogP contribution in [0.4, 0.5) is 5.82 Å². The smallest absolute Gasteiger partial charge is 0.254 e. The van der Waals surface area contributed by atoms with Crippen LogP contribution in [-0.2, 0) is 18.4 Å². The van der Waals surface area contributed by atoms with Gasteiger partial charge in [-0.15, -0.1) is 0 Å². The maximum atomic E-state index is 4.73. The number of benzene rings is 2. The second kappa shape index (κ2) is 9.18. The van der Waals surface area contributed by atoms with Crippen molar-refractivity contribution >= 4 is 11.6 Å². The molecule has 0 bridgehead atoms. The van der Waals surface area contributed by atoms with Gasteiger partial charge in [-0.3, -0.25) is 4.90 Å². The van der Waals surface area contributed by atoms with Gasteiger partial charge in [0.2, 0.25) is 0 Å².